The van der Waals surface area contributed by atoms with Gasteiger partial charge in [-0.2, -0.15) is 23.4 Å². The molecular weight excluding hydrogens is 349 g/mol. The normalized spacial score (nSPS) is 16.3. The molecule has 0 radical (unpaired) electrons. The number of halogens is 3. The Morgan fingerprint density at radius 1 is 1.15 bits per heavy atom. The van der Waals surface area contributed by atoms with Gasteiger partial charge in [0, 0.05) is 64.6 Å². The Bertz CT molecular complexity index is 802. The highest BCUT2D eigenvalue weighted by Gasteiger charge is 2.36. The predicted molar refractivity (Wildman–Crippen MR) is 87.3 cm³/mol. The van der Waals surface area contributed by atoms with Crippen LogP contribution in [0.1, 0.15) is 27.4 Å². The lowest BCUT2D eigenvalue weighted by Crippen LogP contribution is -2.48. The van der Waals surface area contributed by atoms with E-state index in [1.807, 2.05) is 20.2 Å². The number of amides is 1. The van der Waals surface area contributed by atoms with Gasteiger partial charge in [-0.15, -0.1) is 0 Å². The zero-order valence-corrected chi connectivity index (χ0v) is 14.9. The number of hydrogen-bond acceptors (Lipinski definition) is 4. The summed E-state index contributed by atoms with van der Waals surface area (Å²) in [4.78, 5) is 16.3. The van der Waals surface area contributed by atoms with Crippen LogP contribution in [0.3, 0.4) is 0 Å². The van der Waals surface area contributed by atoms with Crippen LogP contribution in [0.15, 0.2) is 12.3 Å². The molecule has 2 aromatic rings. The van der Waals surface area contributed by atoms with Crippen LogP contribution in [0.5, 0.6) is 0 Å². The summed E-state index contributed by atoms with van der Waals surface area (Å²) in [6, 6.07) is 0.813. The van der Waals surface area contributed by atoms with Crippen molar-refractivity contribution in [1.82, 2.24) is 29.4 Å². The number of carbonyl (C=O) groups excluding carboxylic acids is 1. The number of rotatable bonds is 3. The molecule has 2 aromatic heterocycles. The van der Waals surface area contributed by atoms with E-state index in [0.29, 0.717) is 26.2 Å². The lowest BCUT2D eigenvalue weighted by Gasteiger charge is -2.34. The molecule has 0 bridgehead atoms. The number of nitrogens with zero attached hydrogens (tertiary/aromatic N) is 6. The quantitative estimate of drug-likeness (QED) is 0.820. The van der Waals surface area contributed by atoms with E-state index in [9.17, 15) is 18.0 Å². The molecule has 1 saturated heterocycles. The molecule has 0 aliphatic carbocycles. The molecule has 1 amide bonds. The molecule has 3 rings (SSSR count). The van der Waals surface area contributed by atoms with E-state index in [1.165, 1.54) is 7.05 Å². The summed E-state index contributed by atoms with van der Waals surface area (Å²) >= 11 is 0. The molecule has 0 aromatic carbocycles. The highest BCUT2D eigenvalue weighted by molar-refractivity contribution is 5.92. The highest BCUT2D eigenvalue weighted by Crippen LogP contribution is 2.28. The van der Waals surface area contributed by atoms with Crippen LogP contribution in [0, 0.1) is 6.92 Å². The molecule has 0 unspecified atom stereocenters. The van der Waals surface area contributed by atoms with Crippen molar-refractivity contribution in [1.29, 1.82) is 0 Å². The van der Waals surface area contributed by atoms with E-state index >= 15 is 0 Å². The maximum atomic E-state index is 12.8. The van der Waals surface area contributed by atoms with Crippen molar-refractivity contribution in [2.45, 2.75) is 19.6 Å². The van der Waals surface area contributed by atoms with Gasteiger partial charge in [-0.05, 0) is 6.92 Å². The standard InChI is InChI=1S/C16H21F3N6O/c1-11-12(9-22(2)20-11)10-24-4-6-25(7-5-24)15(26)13-8-14(16(17,18)19)21-23(13)3/h8-9H,4-7,10H2,1-3H3. The zero-order chi connectivity index (χ0) is 19.1. The number of aryl methyl sites for hydroxylation is 3. The molecule has 142 valence electrons. The minimum atomic E-state index is -4.56. The van der Waals surface area contributed by atoms with Gasteiger partial charge < -0.3 is 4.90 Å². The Morgan fingerprint density at radius 2 is 1.81 bits per heavy atom. The maximum absolute atomic E-state index is 12.8. The molecule has 3 heterocycles. The molecule has 10 heteroatoms. The Labute approximate surface area is 149 Å². The Morgan fingerprint density at radius 3 is 2.31 bits per heavy atom. The van der Waals surface area contributed by atoms with Gasteiger partial charge in [0.1, 0.15) is 5.69 Å². The molecule has 26 heavy (non-hydrogen) atoms. The van der Waals surface area contributed by atoms with E-state index in [2.05, 4.69) is 15.1 Å². The van der Waals surface area contributed by atoms with Crippen molar-refractivity contribution in [3.8, 4) is 0 Å². The molecular formula is C16H21F3N6O. The Hall–Kier alpha value is -2.36. The second kappa shape index (κ2) is 6.75. The lowest BCUT2D eigenvalue weighted by molar-refractivity contribution is -0.141. The van der Waals surface area contributed by atoms with Gasteiger partial charge in [0.2, 0.25) is 0 Å². The summed E-state index contributed by atoms with van der Waals surface area (Å²) in [5.74, 6) is -0.423. The second-order valence-electron chi connectivity index (χ2n) is 6.52. The van der Waals surface area contributed by atoms with E-state index < -0.39 is 17.8 Å². The van der Waals surface area contributed by atoms with Crippen molar-refractivity contribution in [2.24, 2.45) is 14.1 Å². The molecule has 7 nitrogen and oxygen atoms in total. The number of piperazine rings is 1. The molecule has 0 saturated carbocycles. The smallest absolute Gasteiger partial charge is 0.335 e. The van der Waals surface area contributed by atoms with E-state index in [4.69, 9.17) is 0 Å². The van der Waals surface area contributed by atoms with E-state index in [1.54, 1.807) is 9.58 Å². The van der Waals surface area contributed by atoms with Gasteiger partial charge in [-0.1, -0.05) is 0 Å². The van der Waals surface area contributed by atoms with Crippen LogP contribution in [0.25, 0.3) is 0 Å². The largest absolute Gasteiger partial charge is 0.435 e. The third-order valence-electron chi connectivity index (χ3n) is 4.56. The number of aromatic nitrogens is 4. The topological polar surface area (TPSA) is 59.2 Å². The molecule has 0 N–H and O–H groups in total. The summed E-state index contributed by atoms with van der Waals surface area (Å²) < 4.78 is 41.1. The summed E-state index contributed by atoms with van der Waals surface area (Å²) in [7, 11) is 3.22. The zero-order valence-electron chi connectivity index (χ0n) is 14.9. The van der Waals surface area contributed by atoms with Crippen molar-refractivity contribution < 1.29 is 18.0 Å². The van der Waals surface area contributed by atoms with Gasteiger partial charge in [-0.3, -0.25) is 19.1 Å². The Kier molecular flexibility index (Phi) is 4.78. The van der Waals surface area contributed by atoms with Crippen LogP contribution < -0.4 is 0 Å². The molecule has 0 atom stereocenters. The molecule has 1 fully saturated rings. The first kappa shape index (κ1) is 18.4. The average molecular weight is 370 g/mol. The van der Waals surface area contributed by atoms with E-state index in [0.717, 1.165) is 28.6 Å². The van der Waals surface area contributed by atoms with Gasteiger partial charge in [0.25, 0.3) is 5.91 Å². The monoisotopic (exact) mass is 370 g/mol. The minimum absolute atomic E-state index is 0.0473. The number of hydrogen-bond donors (Lipinski definition) is 0. The van der Waals surface area contributed by atoms with Crippen molar-refractivity contribution >= 4 is 5.91 Å². The second-order valence-corrected chi connectivity index (χ2v) is 6.52. The maximum Gasteiger partial charge on any atom is 0.435 e. The molecule has 1 aliphatic heterocycles. The summed E-state index contributed by atoms with van der Waals surface area (Å²) in [6.45, 7) is 4.94. The van der Waals surface area contributed by atoms with Crippen LogP contribution in [0.4, 0.5) is 13.2 Å². The van der Waals surface area contributed by atoms with Gasteiger partial charge in [0.15, 0.2) is 5.69 Å². The van der Waals surface area contributed by atoms with Gasteiger partial charge in [0.05, 0.1) is 5.69 Å². The average Bonchev–Trinajstić information content (AvgIpc) is 3.10. The van der Waals surface area contributed by atoms with Crippen molar-refractivity contribution in [2.75, 3.05) is 26.2 Å². The van der Waals surface area contributed by atoms with Crippen molar-refractivity contribution in [3.05, 3.63) is 34.9 Å². The summed E-state index contributed by atoms with van der Waals surface area (Å²) in [6.07, 6.45) is -2.59. The highest BCUT2D eigenvalue weighted by atomic mass is 19.4. The first-order chi connectivity index (χ1) is 12.1. The van der Waals surface area contributed by atoms with Crippen LogP contribution in [-0.2, 0) is 26.8 Å². The summed E-state index contributed by atoms with van der Waals surface area (Å²) in [5.41, 5.74) is 1.01. The minimum Gasteiger partial charge on any atom is -0.335 e. The fourth-order valence-corrected chi connectivity index (χ4v) is 3.12. The van der Waals surface area contributed by atoms with Gasteiger partial charge in [-0.25, -0.2) is 0 Å². The number of alkyl halides is 3. The van der Waals surface area contributed by atoms with Crippen LogP contribution in [-0.4, -0.2) is 61.4 Å². The fraction of sp³-hybridized carbons (Fsp3) is 0.562. The SMILES string of the molecule is Cc1nn(C)cc1CN1CCN(C(=O)c2cc(C(F)(F)F)nn2C)CC1. The first-order valence-corrected chi connectivity index (χ1v) is 8.27. The van der Waals surface area contributed by atoms with Crippen molar-refractivity contribution in [3.63, 3.8) is 0 Å². The third kappa shape index (κ3) is 3.74. The van der Waals surface area contributed by atoms with Crippen LogP contribution >= 0.6 is 0 Å². The number of carbonyl (C=O) groups is 1. The fourth-order valence-electron chi connectivity index (χ4n) is 3.12. The summed E-state index contributed by atoms with van der Waals surface area (Å²) in [5, 5.41) is 7.72. The predicted octanol–water partition coefficient (Wildman–Crippen LogP) is 1.44. The molecule has 1 aliphatic rings. The molecule has 0 spiro atoms. The van der Waals surface area contributed by atoms with E-state index in [-0.39, 0.29) is 5.69 Å². The first-order valence-electron chi connectivity index (χ1n) is 8.27. The third-order valence-corrected chi connectivity index (χ3v) is 4.56. The lowest BCUT2D eigenvalue weighted by atomic mass is 10.2. The van der Waals surface area contributed by atoms with Crippen LogP contribution in [0.2, 0.25) is 0 Å². The Balaban J connectivity index is 1.62. The van der Waals surface area contributed by atoms with Gasteiger partial charge >= 0.3 is 6.18 Å².